The number of piperidine rings is 1. The van der Waals surface area contributed by atoms with E-state index in [-0.39, 0.29) is 17.2 Å². The number of hydrogen-bond donors (Lipinski definition) is 0. The molecule has 0 aromatic carbocycles. The molecule has 2 saturated heterocycles. The van der Waals surface area contributed by atoms with E-state index in [0.29, 0.717) is 30.2 Å². The second kappa shape index (κ2) is 6.28. The molecule has 0 N–H and O–H groups in total. The van der Waals surface area contributed by atoms with Crippen LogP contribution in [0, 0.1) is 11.3 Å². The fourth-order valence-electron chi connectivity index (χ4n) is 4.79. The van der Waals surface area contributed by atoms with Gasteiger partial charge in [0.1, 0.15) is 0 Å². The van der Waals surface area contributed by atoms with Gasteiger partial charge in [-0.3, -0.25) is 9.59 Å². The minimum Gasteiger partial charge on any atom is -0.342 e. The van der Waals surface area contributed by atoms with Crippen molar-refractivity contribution in [3.05, 3.63) is 23.9 Å². The molecule has 1 saturated carbocycles. The topological polar surface area (TPSA) is 83.7 Å². The zero-order chi connectivity index (χ0) is 18.4. The van der Waals surface area contributed by atoms with Crippen LogP contribution in [-0.2, 0) is 4.79 Å². The van der Waals surface area contributed by atoms with Crippen LogP contribution in [0.15, 0.2) is 18.3 Å². The summed E-state index contributed by atoms with van der Waals surface area (Å²) in [6.45, 7) is 2.94. The SMILES string of the molecule is O=C(c1ccc2nnnn2c1)N1CC[C@]2(CCCN(CC3CCC3)C2=O)C1. The van der Waals surface area contributed by atoms with Crippen molar-refractivity contribution in [2.24, 2.45) is 11.3 Å². The lowest BCUT2D eigenvalue weighted by Crippen LogP contribution is -2.52. The molecule has 142 valence electrons. The van der Waals surface area contributed by atoms with E-state index < -0.39 is 0 Å². The molecule has 27 heavy (non-hydrogen) atoms. The Bertz CT molecular complexity index is 891. The number of hydrogen-bond acceptors (Lipinski definition) is 5. The predicted molar refractivity (Wildman–Crippen MR) is 96.9 cm³/mol. The molecule has 1 spiro atoms. The van der Waals surface area contributed by atoms with Gasteiger partial charge in [0.05, 0.1) is 11.0 Å². The van der Waals surface area contributed by atoms with E-state index in [0.717, 1.165) is 32.4 Å². The highest BCUT2D eigenvalue weighted by atomic mass is 16.2. The van der Waals surface area contributed by atoms with Crippen molar-refractivity contribution >= 4 is 17.5 Å². The zero-order valence-corrected chi connectivity index (χ0v) is 15.4. The Hall–Kier alpha value is -2.51. The molecule has 0 radical (unpaired) electrons. The number of nitrogens with zero attached hydrogens (tertiary/aromatic N) is 6. The van der Waals surface area contributed by atoms with Crippen molar-refractivity contribution in [2.45, 2.75) is 38.5 Å². The van der Waals surface area contributed by atoms with Gasteiger partial charge in [-0.25, -0.2) is 0 Å². The van der Waals surface area contributed by atoms with Crippen LogP contribution >= 0.6 is 0 Å². The summed E-state index contributed by atoms with van der Waals surface area (Å²) in [7, 11) is 0. The molecule has 3 aliphatic rings. The molecule has 2 aromatic heterocycles. The van der Waals surface area contributed by atoms with Crippen molar-refractivity contribution in [1.82, 2.24) is 29.8 Å². The molecule has 2 aromatic rings. The van der Waals surface area contributed by atoms with Gasteiger partial charge in [0.25, 0.3) is 5.91 Å². The Morgan fingerprint density at radius 3 is 2.89 bits per heavy atom. The van der Waals surface area contributed by atoms with Gasteiger partial charge in [-0.2, -0.15) is 4.52 Å². The first-order chi connectivity index (χ1) is 13.1. The maximum absolute atomic E-state index is 13.2. The number of aromatic nitrogens is 4. The monoisotopic (exact) mass is 368 g/mol. The summed E-state index contributed by atoms with van der Waals surface area (Å²) in [5, 5.41) is 11.3. The summed E-state index contributed by atoms with van der Waals surface area (Å²) in [6.07, 6.45) is 8.16. The number of tetrazole rings is 1. The fourth-order valence-corrected chi connectivity index (χ4v) is 4.79. The van der Waals surface area contributed by atoms with Gasteiger partial charge < -0.3 is 9.80 Å². The molecular weight excluding hydrogens is 344 g/mol. The average molecular weight is 368 g/mol. The maximum atomic E-state index is 13.2. The Morgan fingerprint density at radius 1 is 1.19 bits per heavy atom. The molecule has 3 fully saturated rings. The largest absolute Gasteiger partial charge is 0.342 e. The second-order valence-corrected chi connectivity index (χ2v) is 8.31. The first-order valence-electron chi connectivity index (χ1n) is 9.91. The van der Waals surface area contributed by atoms with Crippen LogP contribution in [0.5, 0.6) is 0 Å². The lowest BCUT2D eigenvalue weighted by atomic mass is 9.77. The van der Waals surface area contributed by atoms with Gasteiger partial charge in [-0.05, 0) is 60.6 Å². The number of amides is 2. The fraction of sp³-hybridized carbons (Fsp3) is 0.632. The van der Waals surface area contributed by atoms with Gasteiger partial charge in [0, 0.05) is 32.4 Å². The molecule has 8 nitrogen and oxygen atoms in total. The average Bonchev–Trinajstić information content (AvgIpc) is 3.28. The van der Waals surface area contributed by atoms with Gasteiger partial charge in [-0.1, -0.05) is 6.42 Å². The third-order valence-electron chi connectivity index (χ3n) is 6.61. The highest BCUT2D eigenvalue weighted by molar-refractivity contribution is 5.95. The van der Waals surface area contributed by atoms with E-state index in [1.807, 2.05) is 4.90 Å². The summed E-state index contributed by atoms with van der Waals surface area (Å²) in [5.74, 6) is 0.909. The van der Waals surface area contributed by atoms with Crippen LogP contribution in [-0.4, -0.2) is 67.8 Å². The molecule has 2 aliphatic heterocycles. The molecule has 0 bridgehead atoms. The smallest absolute Gasteiger partial charge is 0.255 e. The normalized spacial score (nSPS) is 26.1. The molecule has 8 heteroatoms. The standard InChI is InChI=1S/C19H24N6O2/c26-17(15-5-6-16-20-21-22-25(16)12-15)24-10-8-19(13-24)7-2-9-23(18(19)27)11-14-3-1-4-14/h5-6,12,14H,1-4,7-11,13H2/t19-/m1/s1. The lowest BCUT2D eigenvalue weighted by molar-refractivity contribution is -0.146. The number of carbonyl (C=O) groups is 2. The third kappa shape index (κ3) is 2.78. The van der Waals surface area contributed by atoms with E-state index >= 15 is 0 Å². The quantitative estimate of drug-likeness (QED) is 0.817. The van der Waals surface area contributed by atoms with Crippen LogP contribution in [0.2, 0.25) is 0 Å². The lowest BCUT2D eigenvalue weighted by Gasteiger charge is -2.42. The van der Waals surface area contributed by atoms with Crippen LogP contribution in [0.25, 0.3) is 5.65 Å². The molecule has 1 aliphatic carbocycles. The van der Waals surface area contributed by atoms with Crippen molar-refractivity contribution in [3.8, 4) is 0 Å². The zero-order valence-electron chi connectivity index (χ0n) is 15.4. The number of pyridine rings is 1. The number of carbonyl (C=O) groups excluding carboxylic acids is 2. The van der Waals surface area contributed by atoms with Crippen LogP contribution in [0.4, 0.5) is 0 Å². The van der Waals surface area contributed by atoms with E-state index in [1.54, 1.807) is 18.3 Å². The molecular formula is C19H24N6O2. The number of likely N-dealkylation sites (tertiary alicyclic amines) is 2. The minimum absolute atomic E-state index is 0.0480. The van der Waals surface area contributed by atoms with Crippen molar-refractivity contribution < 1.29 is 9.59 Å². The van der Waals surface area contributed by atoms with E-state index in [2.05, 4.69) is 20.4 Å². The van der Waals surface area contributed by atoms with Crippen molar-refractivity contribution in [1.29, 1.82) is 0 Å². The molecule has 0 unspecified atom stereocenters. The summed E-state index contributed by atoms with van der Waals surface area (Å²) >= 11 is 0. The summed E-state index contributed by atoms with van der Waals surface area (Å²) in [4.78, 5) is 30.1. The Labute approximate surface area is 157 Å². The molecule has 4 heterocycles. The van der Waals surface area contributed by atoms with Crippen LogP contribution in [0.3, 0.4) is 0 Å². The third-order valence-corrected chi connectivity index (χ3v) is 6.61. The summed E-state index contributed by atoms with van der Waals surface area (Å²) in [5.41, 5.74) is 0.788. The van der Waals surface area contributed by atoms with Gasteiger partial charge in [0.2, 0.25) is 5.91 Å². The number of fused-ring (bicyclic) bond motifs is 1. The Balaban J connectivity index is 1.31. The van der Waals surface area contributed by atoms with E-state index in [1.165, 1.54) is 23.8 Å². The van der Waals surface area contributed by atoms with Gasteiger partial charge >= 0.3 is 0 Å². The highest BCUT2D eigenvalue weighted by Crippen LogP contribution is 2.41. The van der Waals surface area contributed by atoms with Gasteiger partial charge in [-0.15, -0.1) is 5.10 Å². The molecule has 1 atom stereocenters. The first-order valence-corrected chi connectivity index (χ1v) is 9.91. The molecule has 5 rings (SSSR count). The van der Waals surface area contributed by atoms with Crippen LogP contribution in [0.1, 0.15) is 48.9 Å². The Kier molecular flexibility index (Phi) is 3.87. The Morgan fingerprint density at radius 2 is 2.07 bits per heavy atom. The second-order valence-electron chi connectivity index (χ2n) is 8.31. The van der Waals surface area contributed by atoms with E-state index in [4.69, 9.17) is 0 Å². The summed E-state index contributed by atoms with van der Waals surface area (Å²) < 4.78 is 1.51. The van der Waals surface area contributed by atoms with Gasteiger partial charge in [0.15, 0.2) is 5.65 Å². The number of rotatable bonds is 3. The van der Waals surface area contributed by atoms with Crippen LogP contribution < -0.4 is 0 Å². The minimum atomic E-state index is -0.378. The molecule has 2 amide bonds. The maximum Gasteiger partial charge on any atom is 0.255 e. The first kappa shape index (κ1) is 16.6. The highest BCUT2D eigenvalue weighted by Gasteiger charge is 2.49. The summed E-state index contributed by atoms with van der Waals surface area (Å²) in [6, 6.07) is 3.50. The van der Waals surface area contributed by atoms with Crippen molar-refractivity contribution in [3.63, 3.8) is 0 Å². The van der Waals surface area contributed by atoms with E-state index in [9.17, 15) is 9.59 Å². The predicted octanol–water partition coefficient (Wildman–Crippen LogP) is 1.38. The van der Waals surface area contributed by atoms with Crippen molar-refractivity contribution in [2.75, 3.05) is 26.2 Å².